The van der Waals surface area contributed by atoms with E-state index in [1.165, 1.54) is 0 Å². The summed E-state index contributed by atoms with van der Waals surface area (Å²) in [6.07, 6.45) is 0. The minimum Gasteiger partial charge on any atom is -0.355 e. The number of fused-ring (bicyclic) bond motifs is 2. The van der Waals surface area contributed by atoms with Crippen LogP contribution in [0.15, 0.2) is 48.5 Å². The molecule has 0 saturated heterocycles. The van der Waals surface area contributed by atoms with E-state index in [0.29, 0.717) is 0 Å². The summed E-state index contributed by atoms with van der Waals surface area (Å²) < 4.78 is 0. The van der Waals surface area contributed by atoms with Gasteiger partial charge in [-0.1, -0.05) is 36.4 Å². The Morgan fingerprint density at radius 2 is 1.53 bits per heavy atom. The summed E-state index contributed by atoms with van der Waals surface area (Å²) in [5, 5.41) is 4.51. The summed E-state index contributed by atoms with van der Waals surface area (Å²) in [5.74, 6) is 5.19. The minimum absolute atomic E-state index is 0.110. The second-order valence-corrected chi connectivity index (χ2v) is 4.68. The van der Waals surface area contributed by atoms with Gasteiger partial charge in [0.1, 0.15) is 0 Å². The third-order valence-electron chi connectivity index (χ3n) is 3.41. The summed E-state index contributed by atoms with van der Waals surface area (Å²) >= 11 is 0. The van der Waals surface area contributed by atoms with Crippen LogP contribution in [-0.4, -0.2) is 18.0 Å². The predicted molar refractivity (Wildman–Crippen MR) is 75.0 cm³/mol. The van der Waals surface area contributed by atoms with Gasteiger partial charge >= 0.3 is 0 Å². The maximum Gasteiger partial charge on any atom is 0.248 e. The largest absolute Gasteiger partial charge is 0.355 e. The Bertz CT molecular complexity index is 591. The highest BCUT2D eigenvalue weighted by Crippen LogP contribution is 2.41. The lowest BCUT2D eigenvalue weighted by Crippen LogP contribution is -2.38. The molecule has 19 heavy (non-hydrogen) atoms. The molecule has 2 aromatic rings. The zero-order valence-electron chi connectivity index (χ0n) is 10.6. The lowest BCUT2D eigenvalue weighted by Gasteiger charge is -2.29. The van der Waals surface area contributed by atoms with E-state index < -0.39 is 0 Å². The molecule has 3 rings (SSSR count). The van der Waals surface area contributed by atoms with Crippen molar-refractivity contribution >= 4 is 17.3 Å². The lowest BCUT2D eigenvalue weighted by molar-refractivity contribution is -0.130. The van der Waals surface area contributed by atoms with Crippen molar-refractivity contribution in [2.24, 2.45) is 5.84 Å². The molecule has 0 bridgehead atoms. The molecule has 1 aliphatic rings. The van der Waals surface area contributed by atoms with Gasteiger partial charge < -0.3 is 5.32 Å². The van der Waals surface area contributed by atoms with Crippen molar-refractivity contribution in [2.45, 2.75) is 5.92 Å². The fraction of sp³-hybridized carbons (Fsp3) is 0.133. The summed E-state index contributed by atoms with van der Waals surface area (Å²) in [5.41, 5.74) is 3.84. The van der Waals surface area contributed by atoms with E-state index in [1.54, 1.807) is 7.05 Å². The molecule has 4 nitrogen and oxygen atoms in total. The fourth-order valence-corrected chi connectivity index (χ4v) is 2.51. The second kappa shape index (κ2) is 4.40. The number of amides is 1. The molecular weight excluding hydrogens is 238 g/mol. The number of nitrogens with one attached hydrogen (secondary N) is 1. The summed E-state index contributed by atoms with van der Waals surface area (Å²) in [7, 11) is 1.58. The number of hydrogen-bond acceptors (Lipinski definition) is 3. The molecule has 0 aromatic heterocycles. The summed E-state index contributed by atoms with van der Waals surface area (Å²) in [4.78, 5) is 12.4. The maximum absolute atomic E-state index is 12.4. The first-order valence-electron chi connectivity index (χ1n) is 6.15. The Balaban J connectivity index is 2.19. The summed E-state index contributed by atoms with van der Waals surface area (Å²) in [6, 6.07) is 15.6. The number of nitrogens with zero attached hydrogens (tertiary/aromatic N) is 1. The van der Waals surface area contributed by atoms with Gasteiger partial charge in [-0.3, -0.25) is 9.80 Å². The van der Waals surface area contributed by atoms with Crippen LogP contribution in [0.25, 0.3) is 0 Å². The van der Waals surface area contributed by atoms with Gasteiger partial charge in [-0.2, -0.15) is 0 Å². The van der Waals surface area contributed by atoms with Gasteiger partial charge in [-0.05, 0) is 23.3 Å². The first kappa shape index (κ1) is 11.7. The topological polar surface area (TPSA) is 58.4 Å². The zero-order valence-corrected chi connectivity index (χ0v) is 10.6. The van der Waals surface area contributed by atoms with Crippen LogP contribution in [0.2, 0.25) is 0 Å². The third kappa shape index (κ3) is 1.86. The van der Waals surface area contributed by atoms with Crippen LogP contribution < -0.4 is 11.2 Å². The average molecular weight is 253 g/mol. The van der Waals surface area contributed by atoms with Crippen LogP contribution in [0, 0.1) is 0 Å². The molecule has 0 unspecified atom stereocenters. The molecular formula is C15H15N3O. The predicted octanol–water partition coefficient (Wildman–Crippen LogP) is 2.21. The van der Waals surface area contributed by atoms with E-state index in [1.807, 2.05) is 48.5 Å². The number of likely N-dealkylation sites (N-methyl/N-ethyl adjacent to an activating group) is 1. The lowest BCUT2D eigenvalue weighted by atomic mass is 9.85. The Morgan fingerprint density at radius 1 is 1.05 bits per heavy atom. The molecule has 4 heteroatoms. The molecule has 1 aliphatic heterocycles. The molecule has 0 aliphatic carbocycles. The normalized spacial score (nSPS) is 13.2. The fourth-order valence-electron chi connectivity index (χ4n) is 2.51. The second-order valence-electron chi connectivity index (χ2n) is 4.68. The molecule has 2 aromatic carbocycles. The minimum atomic E-state index is -0.344. The molecule has 3 N–H and O–H groups in total. The van der Waals surface area contributed by atoms with Crippen LogP contribution >= 0.6 is 0 Å². The first-order chi connectivity index (χ1) is 9.18. The highest BCUT2D eigenvalue weighted by molar-refractivity contribution is 5.93. The number of carbonyl (C=O) groups is 1. The van der Waals surface area contributed by atoms with Crippen LogP contribution in [0.1, 0.15) is 17.0 Å². The zero-order chi connectivity index (χ0) is 13.4. The molecule has 1 amide bonds. The number of carbonyl (C=O) groups excluding carboxylic acids is 1. The van der Waals surface area contributed by atoms with E-state index in [4.69, 9.17) is 5.84 Å². The number of hydrogen-bond donors (Lipinski definition) is 2. The van der Waals surface area contributed by atoms with Gasteiger partial charge in [0.15, 0.2) is 0 Å². The highest BCUT2D eigenvalue weighted by atomic mass is 16.2. The number of hydrazine groups is 1. The molecule has 0 fully saturated rings. The van der Waals surface area contributed by atoms with Crippen molar-refractivity contribution in [3.8, 4) is 0 Å². The van der Waals surface area contributed by atoms with Crippen molar-refractivity contribution in [1.82, 2.24) is 5.01 Å². The first-order valence-corrected chi connectivity index (χ1v) is 6.15. The van der Waals surface area contributed by atoms with Crippen molar-refractivity contribution in [3.63, 3.8) is 0 Å². The number of anilines is 2. The van der Waals surface area contributed by atoms with E-state index in [9.17, 15) is 4.79 Å². The van der Waals surface area contributed by atoms with Gasteiger partial charge in [0.2, 0.25) is 5.91 Å². The number of benzene rings is 2. The average Bonchev–Trinajstić information content (AvgIpc) is 2.43. The molecule has 96 valence electrons. The molecule has 0 spiro atoms. The van der Waals surface area contributed by atoms with E-state index in [2.05, 4.69) is 5.32 Å². The third-order valence-corrected chi connectivity index (χ3v) is 3.41. The monoisotopic (exact) mass is 253 g/mol. The van der Waals surface area contributed by atoms with Gasteiger partial charge in [-0.15, -0.1) is 0 Å². The highest BCUT2D eigenvalue weighted by Gasteiger charge is 2.31. The Labute approximate surface area is 111 Å². The van der Waals surface area contributed by atoms with Crippen LogP contribution in [-0.2, 0) is 4.79 Å². The van der Waals surface area contributed by atoms with E-state index >= 15 is 0 Å². The molecule has 0 atom stereocenters. The Morgan fingerprint density at radius 3 is 2.00 bits per heavy atom. The number of para-hydroxylation sites is 2. The smallest absolute Gasteiger partial charge is 0.248 e. The molecule has 0 saturated carbocycles. The van der Waals surface area contributed by atoms with Crippen LogP contribution in [0.4, 0.5) is 11.4 Å². The Kier molecular flexibility index (Phi) is 2.72. The van der Waals surface area contributed by atoms with E-state index in [0.717, 1.165) is 27.5 Å². The van der Waals surface area contributed by atoms with Crippen molar-refractivity contribution in [2.75, 3.05) is 12.4 Å². The van der Waals surface area contributed by atoms with Crippen molar-refractivity contribution in [1.29, 1.82) is 0 Å². The van der Waals surface area contributed by atoms with E-state index in [-0.39, 0.29) is 11.8 Å². The van der Waals surface area contributed by atoms with Gasteiger partial charge in [0.25, 0.3) is 0 Å². The molecule has 0 radical (unpaired) electrons. The maximum atomic E-state index is 12.4. The molecule has 1 heterocycles. The summed E-state index contributed by atoms with van der Waals surface area (Å²) in [6.45, 7) is 0. The number of nitrogens with two attached hydrogens (primary N) is 1. The van der Waals surface area contributed by atoms with Crippen molar-refractivity contribution < 1.29 is 4.79 Å². The van der Waals surface area contributed by atoms with Crippen molar-refractivity contribution in [3.05, 3.63) is 59.7 Å². The van der Waals surface area contributed by atoms with Gasteiger partial charge in [0, 0.05) is 18.4 Å². The standard InChI is InChI=1S/C15H15N3O/c1-18(16)15(19)14-10-6-2-4-8-12(10)17-13-9-5-3-7-11(13)14/h2-9,14,17H,16H2,1H3. The number of rotatable bonds is 1. The van der Waals surface area contributed by atoms with Gasteiger partial charge in [0.05, 0.1) is 5.92 Å². The SMILES string of the molecule is CN(N)C(=O)C1c2ccccc2Nc2ccccc21. The van der Waals surface area contributed by atoms with Gasteiger partial charge in [-0.25, -0.2) is 5.84 Å². The Hall–Kier alpha value is -2.33. The van der Waals surface area contributed by atoms with Crippen LogP contribution in [0.5, 0.6) is 0 Å². The van der Waals surface area contributed by atoms with Crippen LogP contribution in [0.3, 0.4) is 0 Å². The quantitative estimate of drug-likeness (QED) is 0.465.